The van der Waals surface area contributed by atoms with E-state index < -0.39 is 23.0 Å². The van der Waals surface area contributed by atoms with Gasteiger partial charge in [-0.15, -0.1) is 0 Å². The van der Waals surface area contributed by atoms with Gasteiger partial charge in [-0.3, -0.25) is 0 Å². The van der Waals surface area contributed by atoms with E-state index in [1.165, 1.54) is 12.1 Å². The zero-order valence-electron chi connectivity index (χ0n) is 5.16. The van der Waals surface area contributed by atoms with Crippen molar-refractivity contribution in [2.24, 2.45) is 0 Å². The number of nitrogens with zero attached hydrogens (tertiary/aromatic N) is 1. The molecule has 0 aromatic heterocycles. The summed E-state index contributed by atoms with van der Waals surface area (Å²) in [4.78, 5) is 0. The Morgan fingerprint density at radius 2 is 1.91 bits per heavy atom. The predicted octanol–water partition coefficient (Wildman–Crippen LogP) is 1.78. The summed E-state index contributed by atoms with van der Waals surface area (Å²) in [5.41, 5.74) is -0.552. The number of hydrogen-bond acceptors (Lipinski definition) is 1. The first kappa shape index (κ1) is 7.61. The predicted molar refractivity (Wildman–Crippen MR) is 29.9 cm³/mol. The first-order chi connectivity index (χ1) is 5.15. The van der Waals surface area contributed by atoms with Gasteiger partial charge in [0.2, 0.25) is 0 Å². The lowest BCUT2D eigenvalue weighted by Gasteiger charge is -1.93. The summed E-state index contributed by atoms with van der Waals surface area (Å²) in [6, 6.07) is 3.26. The minimum atomic E-state index is -1.42. The molecule has 4 heteroatoms. The topological polar surface area (TPSA) is 23.8 Å². The minimum Gasteiger partial charge on any atom is -0.205 e. The SMILES string of the molecule is N#Cc1cc(F)c(F)[c]c1F. The Morgan fingerprint density at radius 1 is 1.27 bits per heavy atom. The van der Waals surface area contributed by atoms with Crippen molar-refractivity contribution in [3.63, 3.8) is 0 Å². The lowest BCUT2D eigenvalue weighted by molar-refractivity contribution is 0.491. The summed E-state index contributed by atoms with van der Waals surface area (Å²) < 4.78 is 36.7. The quantitative estimate of drug-likeness (QED) is 0.525. The molecule has 0 bridgehead atoms. The number of rotatable bonds is 0. The first-order valence-corrected chi connectivity index (χ1v) is 2.62. The van der Waals surface area contributed by atoms with Crippen LogP contribution in [0.4, 0.5) is 13.2 Å². The first-order valence-electron chi connectivity index (χ1n) is 2.62. The average molecular weight is 156 g/mol. The van der Waals surface area contributed by atoms with Crippen LogP contribution in [0.1, 0.15) is 5.56 Å². The molecule has 0 fully saturated rings. The summed E-state index contributed by atoms with van der Waals surface area (Å²) in [7, 11) is 0. The number of hydrogen-bond donors (Lipinski definition) is 0. The Bertz CT molecular complexity index is 327. The van der Waals surface area contributed by atoms with Crippen LogP contribution in [0, 0.1) is 34.8 Å². The molecule has 0 aliphatic rings. The zero-order chi connectivity index (χ0) is 8.43. The van der Waals surface area contributed by atoms with Crippen molar-refractivity contribution in [3.8, 4) is 6.07 Å². The van der Waals surface area contributed by atoms with Gasteiger partial charge < -0.3 is 0 Å². The van der Waals surface area contributed by atoms with E-state index in [0.29, 0.717) is 6.07 Å². The van der Waals surface area contributed by atoms with E-state index in [0.717, 1.165) is 0 Å². The van der Waals surface area contributed by atoms with Crippen LogP contribution < -0.4 is 0 Å². The van der Waals surface area contributed by atoms with Gasteiger partial charge in [-0.1, -0.05) is 0 Å². The zero-order valence-corrected chi connectivity index (χ0v) is 5.16. The Labute approximate surface area is 60.7 Å². The molecule has 1 rings (SSSR count). The fourth-order valence-electron chi connectivity index (χ4n) is 0.558. The lowest BCUT2D eigenvalue weighted by Crippen LogP contribution is -1.91. The second kappa shape index (κ2) is 2.62. The second-order valence-electron chi connectivity index (χ2n) is 1.77. The molecule has 1 radical (unpaired) electrons. The van der Waals surface area contributed by atoms with Gasteiger partial charge in [0.1, 0.15) is 6.07 Å². The van der Waals surface area contributed by atoms with Crippen LogP contribution >= 0.6 is 0 Å². The molecule has 0 saturated heterocycles. The normalized spacial score (nSPS) is 9.27. The Balaban J connectivity index is 3.35. The lowest BCUT2D eigenvalue weighted by atomic mass is 10.2. The van der Waals surface area contributed by atoms with E-state index in [1.54, 1.807) is 0 Å². The van der Waals surface area contributed by atoms with Crippen LogP contribution in [0.3, 0.4) is 0 Å². The maximum atomic E-state index is 12.3. The van der Waals surface area contributed by atoms with Gasteiger partial charge in [0.15, 0.2) is 17.5 Å². The minimum absolute atomic E-state index is 0.487. The van der Waals surface area contributed by atoms with E-state index in [9.17, 15) is 13.2 Å². The van der Waals surface area contributed by atoms with Crippen molar-refractivity contribution >= 4 is 0 Å². The van der Waals surface area contributed by atoms with Crippen LogP contribution in [0.25, 0.3) is 0 Å². The molecular formula is C7HF3N. The molecule has 1 aromatic carbocycles. The number of halogens is 3. The van der Waals surface area contributed by atoms with Crippen LogP contribution in [0.15, 0.2) is 6.07 Å². The van der Waals surface area contributed by atoms with Gasteiger partial charge in [-0.25, -0.2) is 13.2 Å². The molecule has 1 nitrogen and oxygen atoms in total. The van der Waals surface area contributed by atoms with E-state index >= 15 is 0 Å². The third-order valence-electron chi connectivity index (χ3n) is 1.06. The standard InChI is InChI=1S/C7HF3N/c8-5-2-7(10)6(9)1-4(5)3-11/h1H. The fraction of sp³-hybridized carbons (Fsp3) is 0. The molecule has 0 N–H and O–H groups in total. The monoisotopic (exact) mass is 156 g/mol. The largest absolute Gasteiger partial charge is 0.205 e. The Kier molecular flexibility index (Phi) is 1.81. The van der Waals surface area contributed by atoms with E-state index in [1.807, 2.05) is 0 Å². The van der Waals surface area contributed by atoms with Gasteiger partial charge in [-0.2, -0.15) is 5.26 Å². The number of benzene rings is 1. The Morgan fingerprint density at radius 3 is 2.45 bits per heavy atom. The highest BCUT2D eigenvalue weighted by molar-refractivity contribution is 5.30. The third-order valence-corrected chi connectivity index (χ3v) is 1.06. The number of nitriles is 1. The van der Waals surface area contributed by atoms with Gasteiger partial charge in [-0.05, 0) is 6.07 Å². The molecule has 0 saturated carbocycles. The third kappa shape index (κ3) is 1.32. The van der Waals surface area contributed by atoms with Gasteiger partial charge in [0.25, 0.3) is 0 Å². The van der Waals surface area contributed by atoms with Crippen LogP contribution in [0.5, 0.6) is 0 Å². The van der Waals surface area contributed by atoms with E-state index in [-0.39, 0.29) is 0 Å². The van der Waals surface area contributed by atoms with Crippen molar-refractivity contribution in [2.75, 3.05) is 0 Å². The molecule has 0 amide bonds. The van der Waals surface area contributed by atoms with Crippen LogP contribution in [0.2, 0.25) is 0 Å². The average Bonchev–Trinajstić information content (AvgIpc) is 1.97. The molecule has 0 heterocycles. The van der Waals surface area contributed by atoms with Crippen LogP contribution in [-0.4, -0.2) is 0 Å². The van der Waals surface area contributed by atoms with Crippen molar-refractivity contribution in [2.45, 2.75) is 0 Å². The molecular weight excluding hydrogens is 155 g/mol. The summed E-state index contributed by atoms with van der Waals surface area (Å²) in [5, 5.41) is 8.13. The van der Waals surface area contributed by atoms with E-state index in [2.05, 4.69) is 0 Å². The molecule has 1 aromatic rings. The van der Waals surface area contributed by atoms with Crippen molar-refractivity contribution in [3.05, 3.63) is 35.1 Å². The fourth-order valence-corrected chi connectivity index (χ4v) is 0.558. The highest BCUT2D eigenvalue weighted by atomic mass is 19.2. The molecule has 0 aliphatic carbocycles. The highest BCUT2D eigenvalue weighted by Crippen LogP contribution is 2.11. The van der Waals surface area contributed by atoms with Gasteiger partial charge >= 0.3 is 0 Å². The van der Waals surface area contributed by atoms with Crippen molar-refractivity contribution < 1.29 is 13.2 Å². The maximum absolute atomic E-state index is 12.3. The van der Waals surface area contributed by atoms with E-state index in [4.69, 9.17) is 5.26 Å². The summed E-state index contributed by atoms with van der Waals surface area (Å²) >= 11 is 0. The van der Waals surface area contributed by atoms with Gasteiger partial charge in [0, 0.05) is 0 Å². The summed E-state index contributed by atoms with van der Waals surface area (Å²) in [6.45, 7) is 0. The molecule has 55 valence electrons. The molecule has 0 aliphatic heterocycles. The smallest absolute Gasteiger partial charge is 0.169 e. The second-order valence-corrected chi connectivity index (χ2v) is 1.77. The Hall–Kier alpha value is -1.50. The molecule has 11 heavy (non-hydrogen) atoms. The molecule has 0 unspecified atom stereocenters. The molecule has 0 atom stereocenters. The molecule has 0 spiro atoms. The maximum Gasteiger partial charge on any atom is 0.169 e. The van der Waals surface area contributed by atoms with Crippen molar-refractivity contribution in [1.29, 1.82) is 5.26 Å². The van der Waals surface area contributed by atoms with Crippen molar-refractivity contribution in [1.82, 2.24) is 0 Å². The summed E-state index contributed by atoms with van der Waals surface area (Å²) in [5.74, 6) is -3.86. The van der Waals surface area contributed by atoms with Crippen LogP contribution in [-0.2, 0) is 0 Å². The highest BCUT2D eigenvalue weighted by Gasteiger charge is 2.08. The summed E-state index contributed by atoms with van der Waals surface area (Å²) in [6.07, 6.45) is 0. The van der Waals surface area contributed by atoms with Gasteiger partial charge in [0.05, 0.1) is 11.6 Å².